The lowest BCUT2D eigenvalue weighted by atomic mass is 10.0. The topological polar surface area (TPSA) is 86.5 Å². The minimum absolute atomic E-state index is 0.227. The number of methoxy groups -OCH3 is 1. The maximum atomic E-state index is 13.1. The summed E-state index contributed by atoms with van der Waals surface area (Å²) in [5.41, 5.74) is 3.14. The van der Waals surface area contributed by atoms with E-state index in [4.69, 9.17) is 9.47 Å². The third kappa shape index (κ3) is 4.34. The van der Waals surface area contributed by atoms with Crippen molar-refractivity contribution in [1.29, 1.82) is 0 Å². The van der Waals surface area contributed by atoms with E-state index >= 15 is 0 Å². The third-order valence-corrected chi connectivity index (χ3v) is 5.27. The standard InChI is InChI=1S/C24H26N4O4/c1-24(2,3)32-23(30)27-14-20-21(17-10-12-18(13-11-17)22(29)31-4)25-26-28(20)15-19(27)16-8-6-5-7-9-16/h5-13,19H,14-15H2,1-4H3/t19-/m1/s1. The lowest BCUT2D eigenvalue weighted by Gasteiger charge is -2.37. The van der Waals surface area contributed by atoms with E-state index in [-0.39, 0.29) is 12.1 Å². The number of aromatic nitrogens is 3. The summed E-state index contributed by atoms with van der Waals surface area (Å²) in [6, 6.07) is 16.6. The predicted molar refractivity (Wildman–Crippen MR) is 118 cm³/mol. The summed E-state index contributed by atoms with van der Waals surface area (Å²) >= 11 is 0. The van der Waals surface area contributed by atoms with E-state index in [1.54, 1.807) is 29.2 Å². The molecule has 2 aromatic carbocycles. The van der Waals surface area contributed by atoms with Crippen LogP contribution < -0.4 is 0 Å². The maximum Gasteiger partial charge on any atom is 0.411 e. The van der Waals surface area contributed by atoms with E-state index in [0.29, 0.717) is 24.3 Å². The number of amides is 1. The van der Waals surface area contributed by atoms with Gasteiger partial charge in [0.2, 0.25) is 0 Å². The SMILES string of the molecule is COC(=O)c1ccc(-c2nnn3c2CN(C(=O)OC(C)(C)C)[C@@H](c2ccccc2)C3)cc1. The highest BCUT2D eigenvalue weighted by Crippen LogP contribution is 2.34. The highest BCUT2D eigenvalue weighted by Gasteiger charge is 2.36. The van der Waals surface area contributed by atoms with Gasteiger partial charge in [0.1, 0.15) is 11.3 Å². The highest BCUT2D eigenvalue weighted by atomic mass is 16.6. The summed E-state index contributed by atoms with van der Waals surface area (Å²) in [6.07, 6.45) is -0.384. The maximum absolute atomic E-state index is 13.1. The first-order valence-corrected chi connectivity index (χ1v) is 10.4. The molecule has 1 aliphatic heterocycles. The van der Waals surface area contributed by atoms with Crippen LogP contribution in [0.4, 0.5) is 4.79 Å². The first-order chi connectivity index (χ1) is 15.3. The van der Waals surface area contributed by atoms with Gasteiger partial charge in [-0.3, -0.25) is 4.90 Å². The molecule has 2 heterocycles. The number of carbonyl (C=O) groups is 2. The summed E-state index contributed by atoms with van der Waals surface area (Å²) in [7, 11) is 1.35. The molecule has 0 N–H and O–H groups in total. The zero-order valence-electron chi connectivity index (χ0n) is 18.6. The highest BCUT2D eigenvalue weighted by molar-refractivity contribution is 5.89. The number of carbonyl (C=O) groups excluding carboxylic acids is 2. The third-order valence-electron chi connectivity index (χ3n) is 5.27. The first kappa shape index (κ1) is 21.5. The zero-order valence-corrected chi connectivity index (χ0v) is 18.6. The van der Waals surface area contributed by atoms with Gasteiger partial charge in [0.25, 0.3) is 0 Å². The van der Waals surface area contributed by atoms with Gasteiger partial charge >= 0.3 is 12.1 Å². The van der Waals surface area contributed by atoms with Crippen LogP contribution in [0.5, 0.6) is 0 Å². The number of rotatable bonds is 3. The number of fused-ring (bicyclic) bond motifs is 1. The molecule has 0 aliphatic carbocycles. The Balaban J connectivity index is 1.69. The second-order valence-electron chi connectivity index (χ2n) is 8.67. The monoisotopic (exact) mass is 434 g/mol. The summed E-state index contributed by atoms with van der Waals surface area (Å²) in [5.74, 6) is -0.400. The Labute approximate surface area is 186 Å². The van der Waals surface area contributed by atoms with Crippen molar-refractivity contribution in [3.05, 3.63) is 71.4 Å². The minimum Gasteiger partial charge on any atom is -0.465 e. The smallest absolute Gasteiger partial charge is 0.411 e. The van der Waals surface area contributed by atoms with Gasteiger partial charge in [-0.1, -0.05) is 47.7 Å². The van der Waals surface area contributed by atoms with E-state index < -0.39 is 11.6 Å². The molecule has 1 amide bonds. The van der Waals surface area contributed by atoms with E-state index in [9.17, 15) is 9.59 Å². The molecule has 1 atom stereocenters. The van der Waals surface area contributed by atoms with Crippen molar-refractivity contribution in [2.75, 3.05) is 7.11 Å². The normalized spacial score (nSPS) is 15.8. The Morgan fingerprint density at radius 2 is 1.72 bits per heavy atom. The van der Waals surface area contributed by atoms with Crippen LogP contribution in [0.1, 0.15) is 48.4 Å². The number of nitrogens with zero attached hydrogens (tertiary/aromatic N) is 4. The molecular formula is C24H26N4O4. The average molecular weight is 434 g/mol. The van der Waals surface area contributed by atoms with E-state index in [1.807, 2.05) is 55.8 Å². The van der Waals surface area contributed by atoms with E-state index in [2.05, 4.69) is 10.3 Å². The van der Waals surface area contributed by atoms with Crippen LogP contribution in [-0.4, -0.2) is 44.7 Å². The Morgan fingerprint density at radius 1 is 1.03 bits per heavy atom. The molecule has 4 rings (SSSR count). The summed E-state index contributed by atoms with van der Waals surface area (Å²) in [6.45, 7) is 6.33. The largest absolute Gasteiger partial charge is 0.465 e. The predicted octanol–water partition coefficient (Wildman–Crippen LogP) is 4.22. The lowest BCUT2D eigenvalue weighted by molar-refractivity contribution is 0.00629. The van der Waals surface area contributed by atoms with Gasteiger partial charge in [0, 0.05) is 5.56 Å². The van der Waals surface area contributed by atoms with Gasteiger partial charge in [-0.25, -0.2) is 14.3 Å². The number of benzene rings is 2. The van der Waals surface area contributed by atoms with Gasteiger partial charge in [0.05, 0.1) is 37.5 Å². The molecule has 0 bridgehead atoms. The first-order valence-electron chi connectivity index (χ1n) is 10.4. The Morgan fingerprint density at radius 3 is 2.34 bits per heavy atom. The molecule has 0 radical (unpaired) electrons. The molecule has 3 aromatic rings. The van der Waals surface area contributed by atoms with Crippen molar-refractivity contribution >= 4 is 12.1 Å². The second-order valence-corrected chi connectivity index (χ2v) is 8.67. The zero-order chi connectivity index (χ0) is 22.9. The van der Waals surface area contributed by atoms with Crippen LogP contribution in [0, 0.1) is 0 Å². The number of hydrogen-bond donors (Lipinski definition) is 0. The molecule has 1 aliphatic rings. The second kappa shape index (κ2) is 8.45. The van der Waals surface area contributed by atoms with Crippen molar-refractivity contribution in [3.8, 4) is 11.3 Å². The van der Waals surface area contributed by atoms with E-state index in [1.165, 1.54) is 7.11 Å². The van der Waals surface area contributed by atoms with Gasteiger partial charge < -0.3 is 9.47 Å². The fourth-order valence-electron chi connectivity index (χ4n) is 3.75. The summed E-state index contributed by atoms with van der Waals surface area (Å²) in [5, 5.41) is 8.72. The molecule has 0 fully saturated rings. The molecule has 32 heavy (non-hydrogen) atoms. The van der Waals surface area contributed by atoms with Crippen LogP contribution in [-0.2, 0) is 22.6 Å². The van der Waals surface area contributed by atoms with Crippen LogP contribution in [0.15, 0.2) is 54.6 Å². The quantitative estimate of drug-likeness (QED) is 0.574. The molecule has 166 valence electrons. The minimum atomic E-state index is -0.610. The molecular weight excluding hydrogens is 408 g/mol. The summed E-state index contributed by atoms with van der Waals surface area (Å²) in [4.78, 5) is 26.6. The Kier molecular flexibility index (Phi) is 5.69. The van der Waals surface area contributed by atoms with Crippen molar-refractivity contribution in [3.63, 3.8) is 0 Å². The molecule has 0 saturated heterocycles. The number of hydrogen-bond acceptors (Lipinski definition) is 6. The van der Waals surface area contributed by atoms with Crippen molar-refractivity contribution in [1.82, 2.24) is 19.9 Å². The van der Waals surface area contributed by atoms with Crippen LogP contribution in [0.2, 0.25) is 0 Å². The molecule has 0 spiro atoms. The fourth-order valence-corrected chi connectivity index (χ4v) is 3.75. The van der Waals surface area contributed by atoms with E-state index in [0.717, 1.165) is 16.8 Å². The van der Waals surface area contributed by atoms with Crippen LogP contribution in [0.3, 0.4) is 0 Å². The van der Waals surface area contributed by atoms with Crippen molar-refractivity contribution < 1.29 is 19.1 Å². The number of ether oxygens (including phenoxy) is 2. The molecule has 8 nitrogen and oxygen atoms in total. The molecule has 8 heteroatoms. The van der Waals surface area contributed by atoms with Crippen molar-refractivity contribution in [2.24, 2.45) is 0 Å². The van der Waals surface area contributed by atoms with Crippen LogP contribution >= 0.6 is 0 Å². The van der Waals surface area contributed by atoms with Gasteiger partial charge in [-0.2, -0.15) is 0 Å². The fraction of sp³-hybridized carbons (Fsp3) is 0.333. The lowest BCUT2D eigenvalue weighted by Crippen LogP contribution is -2.43. The number of esters is 1. The van der Waals surface area contributed by atoms with Gasteiger partial charge in [-0.05, 0) is 38.5 Å². The van der Waals surface area contributed by atoms with Crippen LogP contribution in [0.25, 0.3) is 11.3 Å². The summed E-state index contributed by atoms with van der Waals surface area (Å²) < 4.78 is 12.3. The average Bonchev–Trinajstić information content (AvgIpc) is 3.20. The van der Waals surface area contributed by atoms with Crippen molar-refractivity contribution in [2.45, 2.75) is 45.5 Å². The molecule has 0 unspecified atom stereocenters. The van der Waals surface area contributed by atoms with Gasteiger partial charge in [-0.15, -0.1) is 5.10 Å². The van der Waals surface area contributed by atoms with Gasteiger partial charge in [0.15, 0.2) is 0 Å². The molecule has 1 aromatic heterocycles. The molecule has 0 saturated carbocycles. The Bertz CT molecular complexity index is 1120. The Hall–Kier alpha value is -3.68.